The molecule has 0 bridgehead atoms. The Labute approximate surface area is 109 Å². The second-order valence-corrected chi connectivity index (χ2v) is 5.66. The molecule has 2 rings (SSSR count). The second-order valence-electron chi connectivity index (χ2n) is 4.71. The Morgan fingerprint density at radius 2 is 2.33 bits per heavy atom. The van der Waals surface area contributed by atoms with Gasteiger partial charge in [-0.3, -0.25) is 4.79 Å². The molecule has 2 heterocycles. The number of nitrogens with one attached hydrogen (secondary N) is 2. The molecule has 0 atom stereocenters. The molecule has 0 spiro atoms. The minimum absolute atomic E-state index is 0.0368. The van der Waals surface area contributed by atoms with E-state index >= 15 is 0 Å². The number of rotatable bonds is 4. The van der Waals surface area contributed by atoms with Crippen LogP contribution in [0.3, 0.4) is 0 Å². The number of aromatic amines is 1. The van der Waals surface area contributed by atoms with Gasteiger partial charge in [-0.1, -0.05) is 19.9 Å². The largest absolute Gasteiger partial charge is 0.391 e. The molecular weight excluding hydrogens is 248 g/mol. The molecule has 18 heavy (non-hydrogen) atoms. The van der Waals surface area contributed by atoms with Crippen LogP contribution in [0.15, 0.2) is 28.6 Å². The van der Waals surface area contributed by atoms with Crippen LogP contribution in [0.25, 0.3) is 0 Å². The number of hydrogen-bond acceptors (Lipinski definition) is 5. The molecule has 2 aromatic heterocycles. The maximum absolute atomic E-state index is 11.3. The van der Waals surface area contributed by atoms with Crippen molar-refractivity contribution in [2.45, 2.75) is 19.3 Å². The lowest BCUT2D eigenvalue weighted by Crippen LogP contribution is -2.28. The van der Waals surface area contributed by atoms with Crippen LogP contribution in [0, 0.1) is 0 Å². The molecule has 0 aliphatic heterocycles. The van der Waals surface area contributed by atoms with Gasteiger partial charge in [0.1, 0.15) is 5.69 Å². The molecule has 5 nitrogen and oxygen atoms in total. The van der Waals surface area contributed by atoms with Crippen LogP contribution in [0.2, 0.25) is 0 Å². The molecule has 0 fully saturated rings. The third kappa shape index (κ3) is 2.53. The molecule has 0 radical (unpaired) electrons. The van der Waals surface area contributed by atoms with Crippen molar-refractivity contribution in [2.24, 2.45) is 0 Å². The molecule has 4 N–H and O–H groups in total. The van der Waals surface area contributed by atoms with E-state index in [2.05, 4.69) is 40.6 Å². The Morgan fingerprint density at radius 3 is 3.00 bits per heavy atom. The van der Waals surface area contributed by atoms with Crippen molar-refractivity contribution < 1.29 is 0 Å². The maximum Gasteiger partial charge on any atom is 0.276 e. The Morgan fingerprint density at radius 1 is 1.56 bits per heavy atom. The van der Waals surface area contributed by atoms with Crippen LogP contribution in [0.5, 0.6) is 0 Å². The van der Waals surface area contributed by atoms with Crippen LogP contribution in [-0.4, -0.2) is 16.5 Å². The van der Waals surface area contributed by atoms with Gasteiger partial charge in [0, 0.05) is 16.8 Å². The second kappa shape index (κ2) is 4.81. The zero-order valence-corrected chi connectivity index (χ0v) is 11.2. The van der Waals surface area contributed by atoms with Gasteiger partial charge in [0.2, 0.25) is 0 Å². The quantitative estimate of drug-likeness (QED) is 0.786. The first-order chi connectivity index (χ1) is 8.50. The Hall–Kier alpha value is -1.82. The van der Waals surface area contributed by atoms with E-state index in [1.54, 1.807) is 11.3 Å². The van der Waals surface area contributed by atoms with Crippen LogP contribution in [0.4, 0.5) is 11.5 Å². The summed E-state index contributed by atoms with van der Waals surface area (Å²) in [6.07, 6.45) is 1.35. The van der Waals surface area contributed by atoms with Crippen molar-refractivity contribution >= 4 is 22.8 Å². The van der Waals surface area contributed by atoms with Crippen molar-refractivity contribution in [3.05, 3.63) is 39.1 Å². The van der Waals surface area contributed by atoms with Gasteiger partial charge in [-0.2, -0.15) is 0 Å². The fraction of sp³-hybridized carbons (Fsp3) is 0.333. The molecule has 0 aromatic carbocycles. The van der Waals surface area contributed by atoms with Gasteiger partial charge in [-0.05, 0) is 11.4 Å². The van der Waals surface area contributed by atoms with Crippen LogP contribution in [-0.2, 0) is 5.41 Å². The summed E-state index contributed by atoms with van der Waals surface area (Å²) in [6, 6.07) is 4.13. The monoisotopic (exact) mass is 264 g/mol. The van der Waals surface area contributed by atoms with E-state index in [9.17, 15) is 4.79 Å². The van der Waals surface area contributed by atoms with E-state index < -0.39 is 0 Å². The van der Waals surface area contributed by atoms with Gasteiger partial charge in [-0.25, -0.2) is 4.98 Å². The lowest BCUT2D eigenvalue weighted by Gasteiger charge is -2.24. The lowest BCUT2D eigenvalue weighted by molar-refractivity contribution is 0.568. The topological polar surface area (TPSA) is 83.8 Å². The van der Waals surface area contributed by atoms with E-state index in [0.29, 0.717) is 12.4 Å². The first-order valence-corrected chi connectivity index (χ1v) is 6.50. The summed E-state index contributed by atoms with van der Waals surface area (Å²) in [5.74, 6) is 0.434. The van der Waals surface area contributed by atoms with Gasteiger partial charge in [-0.15, -0.1) is 11.3 Å². The summed E-state index contributed by atoms with van der Waals surface area (Å²) in [5.41, 5.74) is 5.43. The fourth-order valence-corrected chi connectivity index (χ4v) is 2.46. The Balaban J connectivity index is 2.12. The standard InChI is InChI=1S/C12H16N4OS/c1-12(2,8-4-3-5-18-8)6-14-10-9(13)11(17)16-7-15-10/h3-5,7H,6,13H2,1-2H3,(H2,14,15,16,17). The van der Waals surface area contributed by atoms with Crippen molar-refractivity contribution in [3.63, 3.8) is 0 Å². The zero-order valence-electron chi connectivity index (χ0n) is 10.4. The molecule has 0 saturated heterocycles. The van der Waals surface area contributed by atoms with Crippen molar-refractivity contribution in [1.82, 2.24) is 9.97 Å². The number of thiophene rings is 1. The van der Waals surface area contributed by atoms with Crippen LogP contribution >= 0.6 is 11.3 Å². The minimum Gasteiger partial charge on any atom is -0.391 e. The number of aromatic nitrogens is 2. The third-order valence-corrected chi connectivity index (χ3v) is 4.01. The number of anilines is 2. The summed E-state index contributed by atoms with van der Waals surface area (Å²) in [4.78, 5) is 19.1. The zero-order chi connectivity index (χ0) is 13.2. The average Bonchev–Trinajstić information content (AvgIpc) is 2.85. The van der Waals surface area contributed by atoms with Crippen molar-refractivity contribution in [2.75, 3.05) is 17.6 Å². The summed E-state index contributed by atoms with van der Waals surface area (Å²) in [6.45, 7) is 4.93. The number of nitrogen functional groups attached to an aromatic ring is 1. The third-order valence-electron chi connectivity index (χ3n) is 2.78. The Bertz CT molecular complexity index is 574. The predicted molar refractivity (Wildman–Crippen MR) is 75.1 cm³/mol. The van der Waals surface area contributed by atoms with E-state index in [1.807, 2.05) is 6.07 Å². The summed E-state index contributed by atoms with van der Waals surface area (Å²) in [5, 5.41) is 5.19. The minimum atomic E-state index is -0.318. The number of nitrogens with zero attached hydrogens (tertiary/aromatic N) is 1. The highest BCUT2D eigenvalue weighted by atomic mass is 32.1. The fourth-order valence-electron chi connectivity index (χ4n) is 1.61. The first-order valence-electron chi connectivity index (χ1n) is 5.62. The SMILES string of the molecule is CC(C)(CNc1nc[nH]c(=O)c1N)c1cccs1. The molecule has 0 saturated carbocycles. The molecule has 0 unspecified atom stereocenters. The summed E-state index contributed by atoms with van der Waals surface area (Å²) >= 11 is 1.71. The van der Waals surface area contributed by atoms with E-state index in [0.717, 1.165) is 0 Å². The van der Waals surface area contributed by atoms with Crippen molar-refractivity contribution in [1.29, 1.82) is 0 Å². The number of nitrogens with two attached hydrogens (primary N) is 1. The molecule has 0 aliphatic rings. The molecular formula is C12H16N4OS. The summed E-state index contributed by atoms with van der Waals surface area (Å²) in [7, 11) is 0. The van der Waals surface area contributed by atoms with E-state index in [1.165, 1.54) is 11.2 Å². The highest BCUT2D eigenvalue weighted by Crippen LogP contribution is 2.27. The van der Waals surface area contributed by atoms with Crippen LogP contribution < -0.4 is 16.6 Å². The molecule has 0 amide bonds. The Kier molecular flexibility index (Phi) is 3.38. The van der Waals surface area contributed by atoms with Gasteiger partial charge < -0.3 is 16.0 Å². The molecule has 2 aromatic rings. The lowest BCUT2D eigenvalue weighted by atomic mass is 9.91. The predicted octanol–water partition coefficient (Wildman–Crippen LogP) is 1.80. The highest BCUT2D eigenvalue weighted by Gasteiger charge is 2.22. The average molecular weight is 264 g/mol. The van der Waals surface area contributed by atoms with E-state index in [4.69, 9.17) is 5.73 Å². The van der Waals surface area contributed by atoms with Crippen LogP contribution in [0.1, 0.15) is 18.7 Å². The van der Waals surface area contributed by atoms with E-state index in [-0.39, 0.29) is 16.7 Å². The smallest absolute Gasteiger partial charge is 0.276 e. The molecule has 0 aliphatic carbocycles. The van der Waals surface area contributed by atoms with Gasteiger partial charge in [0.05, 0.1) is 6.33 Å². The molecule has 6 heteroatoms. The van der Waals surface area contributed by atoms with Gasteiger partial charge in [0.25, 0.3) is 5.56 Å². The van der Waals surface area contributed by atoms with Gasteiger partial charge >= 0.3 is 0 Å². The molecule has 96 valence electrons. The number of hydrogen-bond donors (Lipinski definition) is 3. The maximum atomic E-state index is 11.3. The first kappa shape index (κ1) is 12.6. The van der Waals surface area contributed by atoms with Gasteiger partial charge in [0.15, 0.2) is 5.82 Å². The summed E-state index contributed by atoms with van der Waals surface area (Å²) < 4.78 is 0. The number of H-pyrrole nitrogens is 1. The normalized spacial score (nSPS) is 11.4. The van der Waals surface area contributed by atoms with Crippen molar-refractivity contribution in [3.8, 4) is 0 Å². The highest BCUT2D eigenvalue weighted by molar-refractivity contribution is 7.10.